The van der Waals surface area contributed by atoms with Gasteiger partial charge in [-0.2, -0.15) is 4.68 Å². The zero-order chi connectivity index (χ0) is 17.5. The highest BCUT2D eigenvalue weighted by Gasteiger charge is 2.10. The van der Waals surface area contributed by atoms with E-state index in [4.69, 9.17) is 0 Å². The van der Waals surface area contributed by atoms with Gasteiger partial charge in [0.05, 0.1) is 18.0 Å². The largest absolute Gasteiger partial charge is 0.348 e. The lowest BCUT2D eigenvalue weighted by Crippen LogP contribution is -2.26. The summed E-state index contributed by atoms with van der Waals surface area (Å²) in [7, 11) is 0. The van der Waals surface area contributed by atoms with Crippen molar-refractivity contribution in [1.29, 1.82) is 0 Å². The number of aromatic nitrogens is 4. The fourth-order valence-corrected chi connectivity index (χ4v) is 3.01. The van der Waals surface area contributed by atoms with E-state index in [0.717, 1.165) is 5.75 Å². The Bertz CT molecular complexity index is 840. The van der Waals surface area contributed by atoms with Crippen LogP contribution in [0.25, 0.3) is 5.69 Å². The number of carbonyl (C=O) groups is 1. The van der Waals surface area contributed by atoms with Gasteiger partial charge < -0.3 is 5.32 Å². The van der Waals surface area contributed by atoms with Gasteiger partial charge in [0.2, 0.25) is 5.91 Å². The summed E-state index contributed by atoms with van der Waals surface area (Å²) in [4.78, 5) is 12.0. The third kappa shape index (κ3) is 4.87. The number of hydrogen-bond acceptors (Lipinski definition) is 5. The summed E-state index contributed by atoms with van der Waals surface area (Å²) in [6, 6.07) is 15.9. The van der Waals surface area contributed by atoms with Crippen LogP contribution in [0.15, 0.2) is 54.6 Å². The van der Waals surface area contributed by atoms with Gasteiger partial charge in [-0.1, -0.05) is 36.4 Å². The first-order chi connectivity index (χ1) is 12.2. The van der Waals surface area contributed by atoms with E-state index in [0.29, 0.717) is 17.3 Å². The summed E-state index contributed by atoms with van der Waals surface area (Å²) in [5.74, 6) is 1.08. The lowest BCUT2D eigenvalue weighted by atomic mass is 10.2. The standard InChI is InChI=1S/C17H16FN5OS/c18-14-7-4-8-15(9-14)23-16(20-21-22-23)10-19-17(24)12-25-11-13-5-2-1-3-6-13/h1-9H,10-12H2,(H,19,24). The van der Waals surface area contributed by atoms with Crippen LogP contribution < -0.4 is 5.32 Å². The van der Waals surface area contributed by atoms with Gasteiger partial charge in [-0.3, -0.25) is 4.79 Å². The van der Waals surface area contributed by atoms with Gasteiger partial charge in [-0.05, 0) is 34.2 Å². The molecule has 25 heavy (non-hydrogen) atoms. The Morgan fingerprint density at radius 2 is 2.00 bits per heavy atom. The minimum atomic E-state index is -0.375. The maximum Gasteiger partial charge on any atom is 0.230 e. The third-order valence-corrected chi connectivity index (χ3v) is 4.38. The molecule has 0 aliphatic rings. The monoisotopic (exact) mass is 357 g/mol. The number of carbonyl (C=O) groups excluding carboxylic acids is 1. The molecule has 0 saturated heterocycles. The Hall–Kier alpha value is -2.74. The number of hydrogen-bond donors (Lipinski definition) is 1. The Kier molecular flexibility index (Phi) is 5.73. The molecule has 0 radical (unpaired) electrons. The second-order valence-corrected chi connectivity index (χ2v) is 6.23. The first-order valence-electron chi connectivity index (χ1n) is 7.64. The molecule has 0 aliphatic heterocycles. The van der Waals surface area contributed by atoms with Crippen molar-refractivity contribution in [1.82, 2.24) is 25.5 Å². The Morgan fingerprint density at radius 1 is 1.16 bits per heavy atom. The van der Waals surface area contributed by atoms with Crippen LogP contribution in [0.1, 0.15) is 11.4 Å². The molecule has 6 nitrogen and oxygen atoms in total. The molecule has 1 N–H and O–H groups in total. The van der Waals surface area contributed by atoms with Gasteiger partial charge in [-0.15, -0.1) is 16.9 Å². The number of halogens is 1. The van der Waals surface area contributed by atoms with Crippen molar-refractivity contribution in [3.8, 4) is 5.69 Å². The highest BCUT2D eigenvalue weighted by Crippen LogP contribution is 2.12. The summed E-state index contributed by atoms with van der Waals surface area (Å²) in [5.41, 5.74) is 1.68. The molecule has 2 aromatic carbocycles. The van der Waals surface area contributed by atoms with E-state index < -0.39 is 0 Å². The molecule has 0 unspecified atom stereocenters. The van der Waals surface area contributed by atoms with E-state index in [-0.39, 0.29) is 18.3 Å². The predicted molar refractivity (Wildman–Crippen MR) is 93.6 cm³/mol. The van der Waals surface area contributed by atoms with Crippen molar-refractivity contribution in [3.63, 3.8) is 0 Å². The van der Waals surface area contributed by atoms with E-state index in [2.05, 4.69) is 20.8 Å². The quantitative estimate of drug-likeness (QED) is 0.703. The Morgan fingerprint density at radius 3 is 2.80 bits per heavy atom. The lowest BCUT2D eigenvalue weighted by molar-refractivity contribution is -0.118. The molecule has 1 aromatic heterocycles. The molecule has 0 fully saturated rings. The highest BCUT2D eigenvalue weighted by atomic mass is 32.2. The van der Waals surface area contributed by atoms with Crippen molar-refractivity contribution in [3.05, 3.63) is 71.8 Å². The summed E-state index contributed by atoms with van der Waals surface area (Å²) >= 11 is 1.53. The van der Waals surface area contributed by atoms with Crippen molar-refractivity contribution in [2.75, 3.05) is 5.75 Å². The van der Waals surface area contributed by atoms with Gasteiger partial charge in [0.1, 0.15) is 5.82 Å². The SMILES string of the molecule is O=C(CSCc1ccccc1)NCc1nnnn1-c1cccc(F)c1. The van der Waals surface area contributed by atoms with Crippen LogP contribution in [0.2, 0.25) is 0 Å². The van der Waals surface area contributed by atoms with Gasteiger partial charge in [-0.25, -0.2) is 4.39 Å². The van der Waals surface area contributed by atoms with E-state index in [1.54, 1.807) is 12.1 Å². The molecule has 128 valence electrons. The predicted octanol–water partition coefficient (Wildman–Crippen LogP) is 2.35. The number of tetrazole rings is 1. The molecule has 1 amide bonds. The number of nitrogens with zero attached hydrogens (tertiary/aromatic N) is 4. The maximum absolute atomic E-state index is 13.3. The van der Waals surface area contributed by atoms with Gasteiger partial charge >= 0.3 is 0 Å². The zero-order valence-corrected chi connectivity index (χ0v) is 14.1. The van der Waals surface area contributed by atoms with Crippen LogP contribution in [0.5, 0.6) is 0 Å². The van der Waals surface area contributed by atoms with Crippen LogP contribution in [0.3, 0.4) is 0 Å². The minimum Gasteiger partial charge on any atom is -0.348 e. The van der Waals surface area contributed by atoms with E-state index in [1.807, 2.05) is 30.3 Å². The number of thioether (sulfide) groups is 1. The second-order valence-electron chi connectivity index (χ2n) is 5.24. The fraction of sp³-hybridized carbons (Fsp3) is 0.176. The topological polar surface area (TPSA) is 72.7 Å². The van der Waals surface area contributed by atoms with Crippen LogP contribution in [-0.4, -0.2) is 31.9 Å². The summed E-state index contributed by atoms with van der Waals surface area (Å²) < 4.78 is 14.7. The van der Waals surface area contributed by atoms with Crippen molar-refractivity contribution in [2.45, 2.75) is 12.3 Å². The van der Waals surface area contributed by atoms with E-state index >= 15 is 0 Å². The zero-order valence-electron chi connectivity index (χ0n) is 13.3. The molecule has 0 atom stereocenters. The number of rotatable bonds is 7. The second kappa shape index (κ2) is 8.39. The van der Waals surface area contributed by atoms with Gasteiger partial charge in [0.15, 0.2) is 5.82 Å². The van der Waals surface area contributed by atoms with Gasteiger partial charge in [0.25, 0.3) is 0 Å². The van der Waals surface area contributed by atoms with Crippen LogP contribution >= 0.6 is 11.8 Å². The average Bonchev–Trinajstić information content (AvgIpc) is 3.09. The molecule has 0 aliphatic carbocycles. The number of benzene rings is 2. The molecule has 0 spiro atoms. The van der Waals surface area contributed by atoms with Gasteiger partial charge in [0, 0.05) is 5.75 Å². The van der Waals surface area contributed by atoms with Crippen LogP contribution in [0, 0.1) is 5.82 Å². The van der Waals surface area contributed by atoms with Crippen molar-refractivity contribution < 1.29 is 9.18 Å². The summed E-state index contributed by atoms with van der Waals surface area (Å²) in [6.07, 6.45) is 0. The normalized spacial score (nSPS) is 10.6. The number of nitrogens with one attached hydrogen (secondary N) is 1. The third-order valence-electron chi connectivity index (χ3n) is 3.38. The smallest absolute Gasteiger partial charge is 0.230 e. The molecule has 3 aromatic rings. The van der Waals surface area contributed by atoms with Crippen LogP contribution in [0.4, 0.5) is 4.39 Å². The Labute approximate surface area is 148 Å². The first-order valence-corrected chi connectivity index (χ1v) is 8.79. The number of amides is 1. The molecule has 0 saturated carbocycles. The van der Waals surface area contributed by atoms with E-state index in [1.165, 1.54) is 34.1 Å². The first kappa shape index (κ1) is 17.1. The molecule has 3 rings (SSSR count). The molecular formula is C17H16FN5OS. The Balaban J connectivity index is 1.50. The average molecular weight is 357 g/mol. The maximum atomic E-state index is 13.3. The van der Waals surface area contributed by atoms with Crippen LogP contribution in [-0.2, 0) is 17.1 Å². The molecule has 1 heterocycles. The highest BCUT2D eigenvalue weighted by molar-refractivity contribution is 7.99. The fourth-order valence-electron chi connectivity index (χ4n) is 2.19. The van der Waals surface area contributed by atoms with Crippen molar-refractivity contribution >= 4 is 17.7 Å². The summed E-state index contributed by atoms with van der Waals surface area (Å²) in [6.45, 7) is 0.175. The molecule has 0 bridgehead atoms. The molecule has 8 heteroatoms. The summed E-state index contributed by atoms with van der Waals surface area (Å²) in [5, 5.41) is 14.1. The van der Waals surface area contributed by atoms with E-state index in [9.17, 15) is 9.18 Å². The van der Waals surface area contributed by atoms with Crippen molar-refractivity contribution in [2.24, 2.45) is 0 Å². The minimum absolute atomic E-state index is 0.102. The lowest BCUT2D eigenvalue weighted by Gasteiger charge is -2.06. The molecular weight excluding hydrogens is 341 g/mol.